The minimum Gasteiger partial charge on any atom is -0.391 e. The Bertz CT molecular complexity index is 1200. The number of aryl methyl sites for hydroxylation is 1. The maximum Gasteiger partial charge on any atom is 0.248 e. The maximum absolute atomic E-state index is 13.7. The SMILES string of the molecule is Cc1ncsc1-c1ccc(CNC(=O)C2CC(O)CN2C(=O)C(n2cc(I)cn2)C(C)(C)C)cc1. The number of aromatic nitrogens is 3. The number of amides is 2. The van der Waals surface area contributed by atoms with Gasteiger partial charge in [0.15, 0.2) is 0 Å². The molecule has 3 aromatic rings. The molecular formula is C25H30IN5O3S. The van der Waals surface area contributed by atoms with E-state index in [0.29, 0.717) is 6.54 Å². The number of halogens is 1. The molecule has 3 atom stereocenters. The number of hydrogen-bond donors (Lipinski definition) is 2. The zero-order valence-electron chi connectivity index (χ0n) is 20.2. The Morgan fingerprint density at radius 1 is 1.29 bits per heavy atom. The monoisotopic (exact) mass is 607 g/mol. The molecule has 1 aromatic carbocycles. The van der Waals surface area contributed by atoms with Crippen LogP contribution in [0.1, 0.15) is 44.5 Å². The minimum atomic E-state index is -0.741. The normalized spacial score (nSPS) is 19.1. The molecule has 0 radical (unpaired) electrons. The van der Waals surface area contributed by atoms with Crippen molar-refractivity contribution in [2.45, 2.75) is 58.8 Å². The van der Waals surface area contributed by atoms with Crippen molar-refractivity contribution in [1.82, 2.24) is 25.0 Å². The van der Waals surface area contributed by atoms with Gasteiger partial charge in [-0.15, -0.1) is 11.3 Å². The van der Waals surface area contributed by atoms with Crippen molar-refractivity contribution in [3.05, 3.63) is 57.0 Å². The van der Waals surface area contributed by atoms with E-state index in [1.165, 1.54) is 4.90 Å². The lowest BCUT2D eigenvalue weighted by atomic mass is 9.85. The van der Waals surface area contributed by atoms with Crippen LogP contribution < -0.4 is 5.32 Å². The summed E-state index contributed by atoms with van der Waals surface area (Å²) < 4.78 is 2.59. The van der Waals surface area contributed by atoms with Crippen LogP contribution in [0.3, 0.4) is 0 Å². The number of aliphatic hydroxyl groups is 1. The molecule has 0 saturated carbocycles. The molecule has 0 aliphatic carbocycles. The van der Waals surface area contributed by atoms with Gasteiger partial charge in [0.1, 0.15) is 12.1 Å². The highest BCUT2D eigenvalue weighted by Crippen LogP contribution is 2.34. The van der Waals surface area contributed by atoms with Gasteiger partial charge >= 0.3 is 0 Å². The molecule has 1 aliphatic heterocycles. The van der Waals surface area contributed by atoms with E-state index in [1.807, 2.05) is 63.7 Å². The van der Waals surface area contributed by atoms with Gasteiger partial charge < -0.3 is 15.3 Å². The molecule has 2 aromatic heterocycles. The highest BCUT2D eigenvalue weighted by Gasteiger charge is 2.44. The zero-order valence-corrected chi connectivity index (χ0v) is 23.2. The van der Waals surface area contributed by atoms with Gasteiger partial charge in [0, 0.05) is 25.7 Å². The summed E-state index contributed by atoms with van der Waals surface area (Å²) in [5, 5.41) is 17.7. The van der Waals surface area contributed by atoms with Gasteiger partial charge in [-0.05, 0) is 46.1 Å². The molecule has 0 spiro atoms. The Hall–Kier alpha value is -2.31. The lowest BCUT2D eigenvalue weighted by molar-refractivity contribution is -0.144. The summed E-state index contributed by atoms with van der Waals surface area (Å²) in [6, 6.07) is 6.70. The summed E-state index contributed by atoms with van der Waals surface area (Å²) in [6.45, 7) is 8.38. The van der Waals surface area contributed by atoms with E-state index < -0.39 is 23.6 Å². The molecule has 0 bridgehead atoms. The van der Waals surface area contributed by atoms with Crippen molar-refractivity contribution in [2.75, 3.05) is 6.54 Å². The summed E-state index contributed by atoms with van der Waals surface area (Å²) in [5.41, 5.74) is 4.45. The van der Waals surface area contributed by atoms with Crippen LogP contribution in [-0.4, -0.2) is 55.3 Å². The van der Waals surface area contributed by atoms with Crippen LogP contribution in [0.5, 0.6) is 0 Å². The van der Waals surface area contributed by atoms with Crippen molar-refractivity contribution in [3.63, 3.8) is 0 Å². The number of rotatable bonds is 6. The highest BCUT2D eigenvalue weighted by molar-refractivity contribution is 14.1. The molecule has 1 aliphatic rings. The number of aliphatic hydroxyl groups excluding tert-OH is 1. The van der Waals surface area contributed by atoms with Gasteiger partial charge in [-0.25, -0.2) is 4.98 Å². The molecule has 3 heterocycles. The predicted molar refractivity (Wildman–Crippen MR) is 144 cm³/mol. The van der Waals surface area contributed by atoms with Crippen LogP contribution in [-0.2, 0) is 16.1 Å². The Kier molecular flexibility index (Phi) is 7.62. The van der Waals surface area contributed by atoms with E-state index >= 15 is 0 Å². The second kappa shape index (κ2) is 10.4. The summed E-state index contributed by atoms with van der Waals surface area (Å²) in [4.78, 5) is 33.8. The largest absolute Gasteiger partial charge is 0.391 e. The number of likely N-dealkylation sites (tertiary alicyclic amines) is 1. The van der Waals surface area contributed by atoms with E-state index in [9.17, 15) is 14.7 Å². The lowest BCUT2D eigenvalue weighted by Crippen LogP contribution is -2.50. The number of nitrogens with one attached hydrogen (secondary N) is 1. The zero-order chi connectivity index (χ0) is 25.3. The standard InChI is InChI=1S/C25H30IN5O3S/c1-15-21(35-14-28-15)17-7-5-16(6-8-17)10-27-23(33)20-9-19(32)13-30(20)24(34)22(25(2,3)4)31-12-18(26)11-29-31/h5-8,11-12,14,19-20,22,32H,9-10,13H2,1-4H3,(H,27,33). The van der Waals surface area contributed by atoms with Gasteiger partial charge in [0.2, 0.25) is 11.8 Å². The van der Waals surface area contributed by atoms with Crippen molar-refractivity contribution in [3.8, 4) is 10.4 Å². The van der Waals surface area contributed by atoms with E-state index in [0.717, 1.165) is 25.3 Å². The minimum absolute atomic E-state index is 0.130. The Balaban J connectivity index is 1.46. The Morgan fingerprint density at radius 3 is 2.57 bits per heavy atom. The van der Waals surface area contributed by atoms with Gasteiger partial charge in [-0.1, -0.05) is 45.0 Å². The Morgan fingerprint density at radius 2 is 2.00 bits per heavy atom. The van der Waals surface area contributed by atoms with E-state index in [-0.39, 0.29) is 24.8 Å². The number of nitrogens with zero attached hydrogens (tertiary/aromatic N) is 4. The van der Waals surface area contributed by atoms with E-state index in [1.54, 1.807) is 22.2 Å². The van der Waals surface area contributed by atoms with Crippen LogP contribution >= 0.6 is 33.9 Å². The second-order valence-electron chi connectivity index (χ2n) is 9.98. The third kappa shape index (κ3) is 5.75. The van der Waals surface area contributed by atoms with Crippen molar-refractivity contribution >= 4 is 45.7 Å². The topological polar surface area (TPSA) is 100 Å². The predicted octanol–water partition coefficient (Wildman–Crippen LogP) is 3.79. The molecule has 2 amide bonds. The van der Waals surface area contributed by atoms with Gasteiger partial charge in [-0.2, -0.15) is 5.10 Å². The summed E-state index contributed by atoms with van der Waals surface area (Å²) in [5.74, 6) is -0.474. The number of benzene rings is 1. The number of β-amino-alcohol motifs (C(OH)–C–C–N with tert-alkyl or cyclic N) is 1. The fourth-order valence-electron chi connectivity index (χ4n) is 4.46. The Labute approximate surface area is 222 Å². The molecule has 10 heteroatoms. The molecule has 1 saturated heterocycles. The number of hydrogen-bond acceptors (Lipinski definition) is 6. The maximum atomic E-state index is 13.7. The average Bonchev–Trinajstić information content (AvgIpc) is 3.51. The number of thiazole rings is 1. The molecule has 1 fully saturated rings. The third-order valence-electron chi connectivity index (χ3n) is 6.18. The molecular weight excluding hydrogens is 577 g/mol. The smallest absolute Gasteiger partial charge is 0.248 e. The fourth-order valence-corrected chi connectivity index (χ4v) is 5.68. The van der Waals surface area contributed by atoms with Gasteiger partial charge in [-0.3, -0.25) is 14.3 Å². The first-order valence-corrected chi connectivity index (χ1v) is 13.5. The fraction of sp³-hybridized carbons (Fsp3) is 0.440. The quantitative estimate of drug-likeness (QED) is 0.416. The first kappa shape index (κ1) is 25.8. The molecule has 3 unspecified atom stereocenters. The van der Waals surface area contributed by atoms with Crippen LogP contribution in [0.25, 0.3) is 10.4 Å². The van der Waals surface area contributed by atoms with Gasteiger partial charge in [0.25, 0.3) is 0 Å². The summed E-state index contributed by atoms with van der Waals surface area (Å²) in [7, 11) is 0. The summed E-state index contributed by atoms with van der Waals surface area (Å²) >= 11 is 3.76. The first-order valence-electron chi connectivity index (χ1n) is 11.5. The molecule has 2 N–H and O–H groups in total. The molecule has 8 nitrogen and oxygen atoms in total. The van der Waals surface area contributed by atoms with Gasteiger partial charge in [0.05, 0.1) is 32.0 Å². The van der Waals surface area contributed by atoms with Crippen LogP contribution in [0.4, 0.5) is 0 Å². The van der Waals surface area contributed by atoms with Crippen LogP contribution in [0, 0.1) is 15.9 Å². The third-order valence-corrected chi connectivity index (χ3v) is 7.72. The average molecular weight is 608 g/mol. The first-order chi connectivity index (χ1) is 16.5. The summed E-state index contributed by atoms with van der Waals surface area (Å²) in [6.07, 6.45) is 3.01. The second-order valence-corrected chi connectivity index (χ2v) is 12.1. The van der Waals surface area contributed by atoms with Crippen molar-refractivity contribution < 1.29 is 14.7 Å². The van der Waals surface area contributed by atoms with E-state index in [2.05, 4.69) is 38.0 Å². The highest BCUT2D eigenvalue weighted by atomic mass is 127. The number of carbonyl (C=O) groups excluding carboxylic acids is 2. The lowest BCUT2D eigenvalue weighted by Gasteiger charge is -2.35. The van der Waals surface area contributed by atoms with Crippen LogP contribution in [0.15, 0.2) is 42.2 Å². The van der Waals surface area contributed by atoms with Crippen molar-refractivity contribution in [1.29, 1.82) is 0 Å². The number of carbonyl (C=O) groups is 2. The van der Waals surface area contributed by atoms with Crippen LogP contribution in [0.2, 0.25) is 0 Å². The molecule has 4 rings (SSSR count). The van der Waals surface area contributed by atoms with Crippen molar-refractivity contribution in [2.24, 2.45) is 5.41 Å². The molecule has 186 valence electrons. The molecule has 35 heavy (non-hydrogen) atoms. The van der Waals surface area contributed by atoms with E-state index in [4.69, 9.17) is 0 Å².